The standard InChI is InChI=1S/C29H35NO7/c1-6-35-27(32)25(36-20-22-11-8-7-9-12-22)24(37-28(33)29(2,3)4)19-30-26(31)23-16-14-21(15-17-23)13-10-18-34-5/h7-9,11-12,14-17,24-25H,6,18-20H2,1-5H3,(H,30,31)/t24-,25-/m0/s1. The predicted octanol–water partition coefficient (Wildman–Crippen LogP) is 3.52. The fraction of sp³-hybridized carbons (Fsp3) is 0.414. The van der Waals surface area contributed by atoms with Crippen LogP contribution >= 0.6 is 0 Å². The van der Waals surface area contributed by atoms with Crippen molar-refractivity contribution in [3.8, 4) is 11.8 Å². The Kier molecular flexibility index (Phi) is 11.8. The summed E-state index contributed by atoms with van der Waals surface area (Å²) in [5.74, 6) is 4.16. The molecule has 0 aliphatic heterocycles. The molecule has 0 fully saturated rings. The molecule has 0 heterocycles. The van der Waals surface area contributed by atoms with Crippen molar-refractivity contribution < 1.29 is 33.3 Å². The fourth-order valence-electron chi connectivity index (χ4n) is 3.05. The summed E-state index contributed by atoms with van der Waals surface area (Å²) in [6.45, 7) is 7.14. The minimum Gasteiger partial charge on any atom is -0.464 e. The lowest BCUT2D eigenvalue weighted by Crippen LogP contribution is -2.48. The number of amides is 1. The molecule has 0 bridgehead atoms. The lowest BCUT2D eigenvalue weighted by atomic mass is 9.97. The minimum atomic E-state index is -1.25. The van der Waals surface area contributed by atoms with Crippen molar-refractivity contribution in [2.75, 3.05) is 26.9 Å². The molecule has 8 nitrogen and oxygen atoms in total. The van der Waals surface area contributed by atoms with E-state index in [4.69, 9.17) is 18.9 Å². The summed E-state index contributed by atoms with van der Waals surface area (Å²) < 4.78 is 21.7. The van der Waals surface area contributed by atoms with E-state index in [-0.39, 0.29) is 19.8 Å². The van der Waals surface area contributed by atoms with Gasteiger partial charge in [0.15, 0.2) is 12.2 Å². The average Bonchev–Trinajstić information content (AvgIpc) is 2.87. The Balaban J connectivity index is 2.20. The first-order chi connectivity index (χ1) is 17.7. The van der Waals surface area contributed by atoms with Gasteiger partial charge < -0.3 is 24.3 Å². The molecule has 0 aromatic heterocycles. The van der Waals surface area contributed by atoms with Gasteiger partial charge in [-0.2, -0.15) is 0 Å². The SMILES string of the molecule is CCOC(=O)[C@@H](OCc1ccccc1)[C@H](CNC(=O)c1ccc(C#CCOC)cc1)OC(=O)C(C)(C)C. The highest BCUT2D eigenvalue weighted by Gasteiger charge is 2.37. The van der Waals surface area contributed by atoms with Crippen LogP contribution in [0.25, 0.3) is 0 Å². The molecule has 1 amide bonds. The van der Waals surface area contributed by atoms with Crippen molar-refractivity contribution in [3.05, 3.63) is 71.3 Å². The van der Waals surface area contributed by atoms with Gasteiger partial charge in [0.05, 0.1) is 25.2 Å². The van der Waals surface area contributed by atoms with Crippen molar-refractivity contribution in [1.82, 2.24) is 5.32 Å². The van der Waals surface area contributed by atoms with Gasteiger partial charge in [0.25, 0.3) is 5.91 Å². The zero-order valence-corrected chi connectivity index (χ0v) is 22.0. The summed E-state index contributed by atoms with van der Waals surface area (Å²) in [7, 11) is 1.56. The second-order valence-electron chi connectivity index (χ2n) is 9.19. The molecule has 2 rings (SSSR count). The number of nitrogens with one attached hydrogen (secondary N) is 1. The van der Waals surface area contributed by atoms with Gasteiger partial charge in [-0.1, -0.05) is 42.2 Å². The van der Waals surface area contributed by atoms with Crippen molar-refractivity contribution in [2.45, 2.75) is 46.5 Å². The number of methoxy groups -OCH3 is 1. The predicted molar refractivity (Wildman–Crippen MR) is 139 cm³/mol. The summed E-state index contributed by atoms with van der Waals surface area (Å²) in [5, 5.41) is 2.74. The number of ether oxygens (including phenoxy) is 4. The molecule has 2 atom stereocenters. The first-order valence-corrected chi connectivity index (χ1v) is 12.0. The van der Waals surface area contributed by atoms with Crippen molar-refractivity contribution in [3.63, 3.8) is 0 Å². The van der Waals surface area contributed by atoms with E-state index >= 15 is 0 Å². The van der Waals surface area contributed by atoms with E-state index < -0.39 is 35.5 Å². The molecular formula is C29H35NO7. The highest BCUT2D eigenvalue weighted by molar-refractivity contribution is 5.94. The quantitative estimate of drug-likeness (QED) is 0.365. The Morgan fingerprint density at radius 1 is 1.00 bits per heavy atom. The highest BCUT2D eigenvalue weighted by Crippen LogP contribution is 2.19. The monoisotopic (exact) mass is 509 g/mol. The number of carbonyl (C=O) groups excluding carboxylic acids is 3. The molecule has 198 valence electrons. The Morgan fingerprint density at radius 3 is 2.27 bits per heavy atom. The number of esters is 2. The van der Waals surface area contributed by atoms with E-state index in [1.807, 2.05) is 30.3 Å². The average molecular weight is 510 g/mol. The molecule has 0 unspecified atom stereocenters. The second kappa shape index (κ2) is 14.8. The topological polar surface area (TPSA) is 100 Å². The summed E-state index contributed by atoms with van der Waals surface area (Å²) in [6.07, 6.45) is -2.36. The first kappa shape index (κ1) is 29.6. The minimum absolute atomic E-state index is 0.0907. The van der Waals surface area contributed by atoms with Gasteiger partial charge in [0, 0.05) is 18.2 Å². The smallest absolute Gasteiger partial charge is 0.339 e. The Bertz CT molecular complexity index is 1080. The van der Waals surface area contributed by atoms with E-state index in [0.717, 1.165) is 11.1 Å². The molecule has 0 aliphatic rings. The maximum Gasteiger partial charge on any atom is 0.339 e. The third-order valence-corrected chi connectivity index (χ3v) is 5.06. The van der Waals surface area contributed by atoms with Crippen LogP contribution in [-0.2, 0) is 35.1 Å². The van der Waals surface area contributed by atoms with Crippen molar-refractivity contribution in [2.24, 2.45) is 5.41 Å². The van der Waals surface area contributed by atoms with Crippen LogP contribution in [0.1, 0.15) is 49.2 Å². The number of rotatable bonds is 11. The highest BCUT2D eigenvalue weighted by atomic mass is 16.6. The van der Waals surface area contributed by atoms with Crippen LogP contribution in [-0.4, -0.2) is 56.9 Å². The van der Waals surface area contributed by atoms with Crippen molar-refractivity contribution >= 4 is 17.8 Å². The van der Waals surface area contributed by atoms with E-state index in [2.05, 4.69) is 17.2 Å². The van der Waals surface area contributed by atoms with Crippen LogP contribution < -0.4 is 5.32 Å². The van der Waals surface area contributed by atoms with Crippen LogP contribution in [0.2, 0.25) is 0 Å². The number of hydrogen-bond donors (Lipinski definition) is 1. The normalized spacial score (nSPS) is 12.5. The molecule has 2 aromatic carbocycles. The lowest BCUT2D eigenvalue weighted by Gasteiger charge is -2.28. The van der Waals surface area contributed by atoms with Crippen molar-refractivity contribution in [1.29, 1.82) is 0 Å². The lowest BCUT2D eigenvalue weighted by molar-refractivity contribution is -0.179. The maximum atomic E-state index is 12.8. The van der Waals surface area contributed by atoms with Gasteiger partial charge in [0.1, 0.15) is 6.61 Å². The molecule has 0 saturated carbocycles. The van der Waals surface area contributed by atoms with Crippen LogP contribution in [0.3, 0.4) is 0 Å². The van der Waals surface area contributed by atoms with Crippen LogP contribution in [0, 0.1) is 17.3 Å². The summed E-state index contributed by atoms with van der Waals surface area (Å²) >= 11 is 0. The van der Waals surface area contributed by atoms with Gasteiger partial charge in [0.2, 0.25) is 0 Å². The molecule has 0 spiro atoms. The second-order valence-corrected chi connectivity index (χ2v) is 9.19. The number of benzene rings is 2. The van der Waals surface area contributed by atoms with Gasteiger partial charge in [-0.15, -0.1) is 0 Å². The zero-order chi connectivity index (χ0) is 27.3. The molecular weight excluding hydrogens is 474 g/mol. The summed E-state index contributed by atoms with van der Waals surface area (Å²) in [4.78, 5) is 38.4. The van der Waals surface area contributed by atoms with Crippen LogP contribution in [0.5, 0.6) is 0 Å². The third-order valence-electron chi connectivity index (χ3n) is 5.06. The number of carbonyl (C=O) groups is 3. The largest absolute Gasteiger partial charge is 0.464 e. The Labute approximate surface area is 218 Å². The van der Waals surface area contributed by atoms with E-state index in [1.165, 1.54) is 0 Å². The molecule has 8 heteroatoms. The Hall–Kier alpha value is -3.67. The zero-order valence-electron chi connectivity index (χ0n) is 22.0. The van der Waals surface area contributed by atoms with Gasteiger partial charge >= 0.3 is 11.9 Å². The molecule has 0 radical (unpaired) electrons. The van der Waals surface area contributed by atoms with E-state index in [9.17, 15) is 14.4 Å². The van der Waals surface area contributed by atoms with Gasteiger partial charge in [-0.3, -0.25) is 9.59 Å². The van der Waals surface area contributed by atoms with Crippen LogP contribution in [0.4, 0.5) is 0 Å². The molecule has 0 aliphatic carbocycles. The number of hydrogen-bond acceptors (Lipinski definition) is 7. The van der Waals surface area contributed by atoms with Gasteiger partial charge in [-0.25, -0.2) is 4.79 Å². The Morgan fingerprint density at radius 2 is 1.68 bits per heavy atom. The van der Waals surface area contributed by atoms with Crippen LogP contribution in [0.15, 0.2) is 54.6 Å². The van der Waals surface area contributed by atoms with E-state index in [0.29, 0.717) is 12.2 Å². The molecule has 37 heavy (non-hydrogen) atoms. The van der Waals surface area contributed by atoms with E-state index in [1.54, 1.807) is 59.1 Å². The third kappa shape index (κ3) is 10.1. The fourth-order valence-corrected chi connectivity index (χ4v) is 3.05. The summed E-state index contributed by atoms with van der Waals surface area (Å²) in [5.41, 5.74) is 1.12. The maximum absolute atomic E-state index is 12.8. The summed E-state index contributed by atoms with van der Waals surface area (Å²) in [6, 6.07) is 16.0. The molecule has 2 aromatic rings. The first-order valence-electron chi connectivity index (χ1n) is 12.0. The molecule has 0 saturated heterocycles. The van der Waals surface area contributed by atoms with Gasteiger partial charge in [-0.05, 0) is 57.5 Å². The molecule has 1 N–H and O–H groups in total.